The molecule has 2 aromatic carbocycles. The Hall–Kier alpha value is -2.42. The molecule has 144 valence electrons. The summed E-state index contributed by atoms with van der Waals surface area (Å²) in [6.07, 6.45) is 11.9. The highest BCUT2D eigenvalue weighted by Gasteiger charge is 2.32. The van der Waals surface area contributed by atoms with E-state index in [1.807, 2.05) is 22.9 Å². The third-order valence-corrected chi connectivity index (χ3v) is 5.99. The third kappa shape index (κ3) is 4.70. The molecule has 1 heterocycles. The SMILES string of the molecule is C=CCC(C)(CC1=CC=CC1)c1c([NH2+]C)ccc2ccccc12.c1ccsc1. The van der Waals surface area contributed by atoms with Gasteiger partial charge in [-0.3, -0.25) is 0 Å². The molecule has 2 heteroatoms. The van der Waals surface area contributed by atoms with Gasteiger partial charge in [0.2, 0.25) is 0 Å². The Balaban J connectivity index is 0.000000391. The maximum absolute atomic E-state index is 4.04. The Labute approximate surface area is 173 Å². The Morgan fingerprint density at radius 2 is 1.89 bits per heavy atom. The normalized spacial score (nSPS) is 14.9. The summed E-state index contributed by atoms with van der Waals surface area (Å²) in [5.41, 5.74) is 4.40. The van der Waals surface area contributed by atoms with Crippen LogP contribution in [0.3, 0.4) is 0 Å². The highest BCUT2D eigenvalue weighted by molar-refractivity contribution is 7.07. The molecule has 0 radical (unpaired) electrons. The molecular formula is C26H30NS+. The van der Waals surface area contributed by atoms with Gasteiger partial charge in [-0.2, -0.15) is 11.3 Å². The minimum Gasteiger partial charge on any atom is -0.316 e. The van der Waals surface area contributed by atoms with E-state index in [4.69, 9.17) is 0 Å². The molecule has 2 N–H and O–H groups in total. The van der Waals surface area contributed by atoms with E-state index in [0.29, 0.717) is 0 Å². The van der Waals surface area contributed by atoms with Crippen LogP contribution in [0.5, 0.6) is 0 Å². The molecule has 4 rings (SSSR count). The first kappa shape index (κ1) is 20.3. The van der Waals surface area contributed by atoms with Gasteiger partial charge in [0.25, 0.3) is 0 Å². The van der Waals surface area contributed by atoms with Gasteiger partial charge < -0.3 is 5.32 Å². The lowest BCUT2D eigenvalue weighted by atomic mass is 9.72. The molecule has 0 amide bonds. The molecule has 1 aliphatic carbocycles. The minimum atomic E-state index is 0.0717. The lowest BCUT2D eigenvalue weighted by Gasteiger charge is -2.32. The molecule has 0 spiro atoms. The number of allylic oxidation sites excluding steroid dienone is 5. The lowest BCUT2D eigenvalue weighted by Crippen LogP contribution is -2.73. The molecule has 0 bridgehead atoms. The van der Waals surface area contributed by atoms with E-state index < -0.39 is 0 Å². The number of rotatable bonds is 6. The van der Waals surface area contributed by atoms with E-state index in [-0.39, 0.29) is 5.41 Å². The molecule has 1 atom stereocenters. The molecule has 0 saturated carbocycles. The Kier molecular flexibility index (Phi) is 7.02. The van der Waals surface area contributed by atoms with Gasteiger partial charge in [-0.05, 0) is 52.9 Å². The van der Waals surface area contributed by atoms with Crippen molar-refractivity contribution < 1.29 is 5.32 Å². The molecule has 1 unspecified atom stereocenters. The summed E-state index contributed by atoms with van der Waals surface area (Å²) in [4.78, 5) is 0. The molecule has 0 saturated heterocycles. The summed E-state index contributed by atoms with van der Waals surface area (Å²) in [7, 11) is 2.14. The Bertz CT molecular complexity index is 948. The van der Waals surface area contributed by atoms with Crippen LogP contribution in [0.1, 0.15) is 31.7 Å². The average molecular weight is 389 g/mol. The van der Waals surface area contributed by atoms with Crippen molar-refractivity contribution in [1.29, 1.82) is 0 Å². The summed E-state index contributed by atoms with van der Waals surface area (Å²) in [5, 5.41) is 9.02. The molecule has 1 aromatic heterocycles. The van der Waals surface area contributed by atoms with Crippen LogP contribution >= 0.6 is 11.3 Å². The van der Waals surface area contributed by atoms with Gasteiger partial charge in [-0.25, -0.2) is 0 Å². The van der Waals surface area contributed by atoms with Crippen LogP contribution < -0.4 is 5.32 Å². The van der Waals surface area contributed by atoms with Crippen LogP contribution in [0.4, 0.5) is 5.69 Å². The fourth-order valence-corrected chi connectivity index (χ4v) is 4.59. The Morgan fingerprint density at radius 3 is 2.50 bits per heavy atom. The molecule has 1 aliphatic rings. The van der Waals surface area contributed by atoms with Gasteiger partial charge in [0.05, 0.1) is 7.05 Å². The summed E-state index contributed by atoms with van der Waals surface area (Å²) in [6, 6.07) is 17.3. The van der Waals surface area contributed by atoms with Crippen LogP contribution in [0, 0.1) is 0 Å². The first-order valence-corrected chi connectivity index (χ1v) is 10.9. The zero-order valence-corrected chi connectivity index (χ0v) is 17.7. The predicted molar refractivity (Wildman–Crippen MR) is 124 cm³/mol. The largest absolute Gasteiger partial charge is 0.316 e. The summed E-state index contributed by atoms with van der Waals surface area (Å²) in [6.45, 7) is 6.43. The molecule has 1 nitrogen and oxygen atoms in total. The maximum atomic E-state index is 4.04. The quantitative estimate of drug-likeness (QED) is 0.365. The van der Waals surface area contributed by atoms with Crippen molar-refractivity contribution in [2.45, 2.75) is 31.6 Å². The van der Waals surface area contributed by atoms with E-state index in [1.165, 1.54) is 27.6 Å². The van der Waals surface area contributed by atoms with Gasteiger partial charge in [-0.15, -0.1) is 6.58 Å². The van der Waals surface area contributed by atoms with Crippen LogP contribution in [0.25, 0.3) is 10.8 Å². The van der Waals surface area contributed by atoms with Crippen molar-refractivity contribution in [2.24, 2.45) is 0 Å². The molecule has 28 heavy (non-hydrogen) atoms. The summed E-state index contributed by atoms with van der Waals surface area (Å²) in [5.74, 6) is 0. The van der Waals surface area contributed by atoms with Crippen LogP contribution in [-0.4, -0.2) is 7.05 Å². The lowest BCUT2D eigenvalue weighted by molar-refractivity contribution is -0.540. The van der Waals surface area contributed by atoms with Crippen LogP contribution in [-0.2, 0) is 5.41 Å². The van der Waals surface area contributed by atoms with Crippen LogP contribution in [0.15, 0.2) is 95.7 Å². The predicted octanol–water partition coefficient (Wildman–Crippen LogP) is 6.52. The van der Waals surface area contributed by atoms with E-state index >= 15 is 0 Å². The Morgan fingerprint density at radius 1 is 1.11 bits per heavy atom. The second-order valence-electron chi connectivity index (χ2n) is 7.52. The minimum absolute atomic E-state index is 0.0717. The van der Waals surface area contributed by atoms with E-state index in [0.717, 1.165) is 19.3 Å². The molecule has 3 aromatic rings. The smallest absolute Gasteiger partial charge is 0.133 e. The number of fused-ring (bicyclic) bond motifs is 1. The van der Waals surface area contributed by atoms with Crippen molar-refractivity contribution in [2.75, 3.05) is 7.05 Å². The molecule has 0 fully saturated rings. The van der Waals surface area contributed by atoms with Gasteiger partial charge in [0.15, 0.2) is 0 Å². The van der Waals surface area contributed by atoms with Crippen molar-refractivity contribution >= 4 is 27.8 Å². The topological polar surface area (TPSA) is 16.6 Å². The zero-order valence-electron chi connectivity index (χ0n) is 16.9. The third-order valence-electron chi connectivity index (χ3n) is 5.36. The second-order valence-corrected chi connectivity index (χ2v) is 8.34. The average Bonchev–Trinajstić information content (AvgIpc) is 3.44. The number of thiophene rings is 1. The number of hydrogen-bond donors (Lipinski definition) is 1. The first-order valence-electron chi connectivity index (χ1n) is 9.92. The highest BCUT2D eigenvalue weighted by Crippen LogP contribution is 2.42. The van der Waals surface area contributed by atoms with Crippen molar-refractivity contribution in [3.63, 3.8) is 0 Å². The molecular weight excluding hydrogens is 358 g/mol. The fraction of sp³-hybridized carbons (Fsp3) is 0.231. The number of nitrogens with two attached hydrogens (primary N) is 1. The summed E-state index contributed by atoms with van der Waals surface area (Å²) < 4.78 is 0. The standard InChI is InChI=1S/C22H25N.C4H4S/c1-4-15-22(2,16-17-9-5-6-10-17)21-19-12-8-7-11-18(19)13-14-20(21)23-3;1-2-4-5-3-1/h4-9,11-14,23H,1,10,15-16H2,2-3H3;1-4H/p+1. The summed E-state index contributed by atoms with van der Waals surface area (Å²) >= 11 is 1.71. The number of hydrogen-bond acceptors (Lipinski definition) is 1. The van der Waals surface area contributed by atoms with Gasteiger partial charge in [0, 0.05) is 11.0 Å². The van der Waals surface area contributed by atoms with E-state index in [9.17, 15) is 0 Å². The number of quaternary nitrogens is 1. The van der Waals surface area contributed by atoms with Gasteiger partial charge in [-0.1, -0.05) is 73.2 Å². The first-order chi connectivity index (χ1) is 13.7. The molecule has 0 aliphatic heterocycles. The van der Waals surface area contributed by atoms with E-state index in [1.54, 1.807) is 11.3 Å². The second kappa shape index (κ2) is 9.68. The monoisotopic (exact) mass is 388 g/mol. The van der Waals surface area contributed by atoms with Crippen molar-refractivity contribution in [3.05, 3.63) is 101 Å². The van der Waals surface area contributed by atoms with Crippen molar-refractivity contribution in [1.82, 2.24) is 0 Å². The van der Waals surface area contributed by atoms with Gasteiger partial charge >= 0.3 is 0 Å². The van der Waals surface area contributed by atoms with Crippen LogP contribution in [0.2, 0.25) is 0 Å². The highest BCUT2D eigenvalue weighted by atomic mass is 32.1. The number of benzene rings is 2. The van der Waals surface area contributed by atoms with Crippen molar-refractivity contribution in [3.8, 4) is 0 Å². The maximum Gasteiger partial charge on any atom is 0.133 e. The fourth-order valence-electron chi connectivity index (χ4n) is 4.13. The van der Waals surface area contributed by atoms with Gasteiger partial charge in [0.1, 0.15) is 5.69 Å². The van der Waals surface area contributed by atoms with E-state index in [2.05, 4.69) is 86.6 Å². The zero-order chi connectivity index (χ0) is 19.8.